The monoisotopic (exact) mass is 287 g/mol. The molecule has 1 N–H and O–H groups in total. The molecule has 2 unspecified atom stereocenters. The van der Waals surface area contributed by atoms with Crippen molar-refractivity contribution in [1.29, 1.82) is 0 Å². The summed E-state index contributed by atoms with van der Waals surface area (Å²) in [6.07, 6.45) is 6.57. The average Bonchev–Trinajstić information content (AvgIpc) is 2.47. The summed E-state index contributed by atoms with van der Waals surface area (Å²) in [4.78, 5) is 0. The van der Waals surface area contributed by atoms with E-state index in [1.165, 1.54) is 32.1 Å². The number of hydrogen-bond acceptors (Lipinski definition) is 1. The van der Waals surface area contributed by atoms with E-state index in [1.807, 2.05) is 0 Å². The molecule has 0 fully saturated rings. The van der Waals surface area contributed by atoms with Crippen LogP contribution < -0.4 is 5.32 Å². The molecule has 1 aromatic rings. The Morgan fingerprint density at radius 2 is 1.95 bits per heavy atom. The molecule has 0 radical (unpaired) electrons. The molecule has 0 bridgehead atoms. The first-order valence-corrected chi connectivity index (χ1v) is 8.89. The SMILES string of the molecule is CCCC(C)C1(CNCC(C)C)CCCc2ccccc21. The maximum absolute atomic E-state index is 3.78. The topological polar surface area (TPSA) is 12.0 Å². The molecule has 0 saturated carbocycles. The van der Waals surface area contributed by atoms with Crippen molar-refractivity contribution in [3.05, 3.63) is 35.4 Å². The van der Waals surface area contributed by atoms with Crippen LogP contribution in [0.3, 0.4) is 0 Å². The summed E-state index contributed by atoms with van der Waals surface area (Å²) in [5.74, 6) is 1.48. The maximum atomic E-state index is 3.78. The van der Waals surface area contributed by atoms with Crippen LogP contribution >= 0.6 is 0 Å². The number of benzene rings is 1. The van der Waals surface area contributed by atoms with Gasteiger partial charge in [-0.3, -0.25) is 0 Å². The number of aryl methyl sites for hydroxylation is 1. The van der Waals surface area contributed by atoms with Crippen LogP contribution in [-0.2, 0) is 11.8 Å². The molecule has 1 aromatic carbocycles. The first-order valence-electron chi connectivity index (χ1n) is 8.89. The van der Waals surface area contributed by atoms with E-state index in [-0.39, 0.29) is 0 Å². The molecular formula is C20H33N. The van der Waals surface area contributed by atoms with Crippen molar-refractivity contribution in [2.75, 3.05) is 13.1 Å². The van der Waals surface area contributed by atoms with E-state index in [0.29, 0.717) is 5.41 Å². The minimum absolute atomic E-state index is 0.347. The highest BCUT2D eigenvalue weighted by atomic mass is 14.9. The second-order valence-electron chi connectivity index (χ2n) is 7.38. The summed E-state index contributed by atoms with van der Waals surface area (Å²) in [5.41, 5.74) is 3.58. The van der Waals surface area contributed by atoms with E-state index in [1.54, 1.807) is 11.1 Å². The quantitative estimate of drug-likeness (QED) is 0.749. The second-order valence-corrected chi connectivity index (χ2v) is 7.38. The molecule has 0 aromatic heterocycles. The Balaban J connectivity index is 2.28. The lowest BCUT2D eigenvalue weighted by Gasteiger charge is -2.44. The molecule has 0 aliphatic heterocycles. The lowest BCUT2D eigenvalue weighted by molar-refractivity contribution is 0.221. The molecule has 0 saturated heterocycles. The highest BCUT2D eigenvalue weighted by molar-refractivity contribution is 5.38. The van der Waals surface area contributed by atoms with Gasteiger partial charge < -0.3 is 5.32 Å². The van der Waals surface area contributed by atoms with Crippen molar-refractivity contribution in [2.24, 2.45) is 11.8 Å². The summed E-state index contributed by atoms with van der Waals surface area (Å²) >= 11 is 0. The van der Waals surface area contributed by atoms with Crippen LogP contribution in [0.25, 0.3) is 0 Å². The van der Waals surface area contributed by atoms with Crippen molar-refractivity contribution < 1.29 is 0 Å². The van der Waals surface area contributed by atoms with Crippen molar-refractivity contribution >= 4 is 0 Å². The Kier molecular flexibility index (Phi) is 5.87. The number of nitrogens with one attached hydrogen (secondary N) is 1. The third-order valence-corrected chi connectivity index (χ3v) is 5.28. The largest absolute Gasteiger partial charge is 0.316 e. The van der Waals surface area contributed by atoms with Crippen LogP contribution in [0.1, 0.15) is 64.5 Å². The lowest BCUT2D eigenvalue weighted by Crippen LogP contribution is -2.46. The van der Waals surface area contributed by atoms with Gasteiger partial charge in [-0.15, -0.1) is 0 Å². The smallest absolute Gasteiger partial charge is 0.0106 e. The minimum Gasteiger partial charge on any atom is -0.316 e. The Labute approximate surface area is 131 Å². The molecule has 1 aliphatic rings. The Bertz CT molecular complexity index is 437. The molecule has 118 valence electrons. The molecular weight excluding hydrogens is 254 g/mol. The van der Waals surface area contributed by atoms with Crippen LogP contribution in [0.15, 0.2) is 24.3 Å². The van der Waals surface area contributed by atoms with E-state index in [2.05, 4.69) is 57.3 Å². The van der Waals surface area contributed by atoms with Gasteiger partial charge in [-0.1, -0.05) is 64.8 Å². The molecule has 0 heterocycles. The van der Waals surface area contributed by atoms with Crippen molar-refractivity contribution in [1.82, 2.24) is 5.32 Å². The third kappa shape index (κ3) is 3.69. The van der Waals surface area contributed by atoms with Gasteiger partial charge in [0.15, 0.2) is 0 Å². The highest BCUT2D eigenvalue weighted by Gasteiger charge is 2.40. The van der Waals surface area contributed by atoms with E-state index in [4.69, 9.17) is 0 Å². The summed E-state index contributed by atoms with van der Waals surface area (Å²) in [6.45, 7) is 11.7. The summed E-state index contributed by atoms with van der Waals surface area (Å²) in [7, 11) is 0. The van der Waals surface area contributed by atoms with Gasteiger partial charge in [0.05, 0.1) is 0 Å². The van der Waals surface area contributed by atoms with Gasteiger partial charge in [0.25, 0.3) is 0 Å². The van der Waals surface area contributed by atoms with Gasteiger partial charge in [0.2, 0.25) is 0 Å². The standard InChI is InChI=1S/C20H33N/c1-5-9-17(4)20(15-21-14-16(2)3)13-8-11-18-10-6-7-12-19(18)20/h6-7,10,12,16-17,21H,5,8-9,11,13-15H2,1-4H3. The van der Waals surface area contributed by atoms with E-state index < -0.39 is 0 Å². The fourth-order valence-corrected chi connectivity index (χ4v) is 4.12. The van der Waals surface area contributed by atoms with Gasteiger partial charge in [-0.2, -0.15) is 0 Å². The summed E-state index contributed by atoms with van der Waals surface area (Å²) < 4.78 is 0. The zero-order valence-electron chi connectivity index (χ0n) is 14.4. The minimum atomic E-state index is 0.347. The molecule has 1 nitrogen and oxygen atoms in total. The number of rotatable bonds is 7. The van der Waals surface area contributed by atoms with E-state index in [9.17, 15) is 0 Å². The molecule has 2 rings (SSSR count). The Morgan fingerprint density at radius 1 is 1.19 bits per heavy atom. The van der Waals surface area contributed by atoms with E-state index in [0.717, 1.165) is 24.9 Å². The average molecular weight is 287 g/mol. The van der Waals surface area contributed by atoms with E-state index >= 15 is 0 Å². The Morgan fingerprint density at radius 3 is 2.67 bits per heavy atom. The van der Waals surface area contributed by atoms with Crippen LogP contribution in [0.4, 0.5) is 0 Å². The fraction of sp³-hybridized carbons (Fsp3) is 0.700. The van der Waals surface area contributed by atoms with Crippen LogP contribution in [0.2, 0.25) is 0 Å². The fourth-order valence-electron chi connectivity index (χ4n) is 4.12. The van der Waals surface area contributed by atoms with Gasteiger partial charge in [-0.05, 0) is 48.8 Å². The van der Waals surface area contributed by atoms with Gasteiger partial charge in [0.1, 0.15) is 0 Å². The van der Waals surface area contributed by atoms with Crippen molar-refractivity contribution in [2.45, 2.75) is 65.2 Å². The second kappa shape index (κ2) is 7.45. The normalized spacial score (nSPS) is 23.1. The number of fused-ring (bicyclic) bond motifs is 1. The maximum Gasteiger partial charge on any atom is 0.0106 e. The van der Waals surface area contributed by atoms with Crippen LogP contribution in [0, 0.1) is 11.8 Å². The van der Waals surface area contributed by atoms with Crippen molar-refractivity contribution in [3.8, 4) is 0 Å². The van der Waals surface area contributed by atoms with Gasteiger partial charge >= 0.3 is 0 Å². The molecule has 0 spiro atoms. The molecule has 21 heavy (non-hydrogen) atoms. The zero-order chi connectivity index (χ0) is 15.3. The van der Waals surface area contributed by atoms with Crippen LogP contribution in [0.5, 0.6) is 0 Å². The van der Waals surface area contributed by atoms with Crippen molar-refractivity contribution in [3.63, 3.8) is 0 Å². The molecule has 1 heteroatoms. The zero-order valence-corrected chi connectivity index (χ0v) is 14.4. The van der Waals surface area contributed by atoms with Gasteiger partial charge in [0, 0.05) is 12.0 Å². The lowest BCUT2D eigenvalue weighted by atomic mass is 9.62. The number of hydrogen-bond donors (Lipinski definition) is 1. The predicted octanol–water partition coefficient (Wildman–Crippen LogP) is 4.94. The third-order valence-electron chi connectivity index (χ3n) is 5.28. The summed E-state index contributed by atoms with van der Waals surface area (Å²) in [5, 5.41) is 3.78. The van der Waals surface area contributed by atoms with Crippen LogP contribution in [-0.4, -0.2) is 13.1 Å². The molecule has 1 aliphatic carbocycles. The Hall–Kier alpha value is -0.820. The molecule has 2 atom stereocenters. The first-order chi connectivity index (χ1) is 10.1. The summed E-state index contributed by atoms with van der Waals surface area (Å²) in [6, 6.07) is 9.20. The first kappa shape index (κ1) is 16.5. The van der Waals surface area contributed by atoms with Gasteiger partial charge in [-0.25, -0.2) is 0 Å². The predicted molar refractivity (Wildman–Crippen MR) is 92.8 cm³/mol. The highest BCUT2D eigenvalue weighted by Crippen LogP contribution is 2.44. The molecule has 0 amide bonds.